The molecule has 0 radical (unpaired) electrons. The number of rotatable bonds is 5. The number of nitrogens with zero attached hydrogens (tertiary/aromatic N) is 2. The molecule has 0 bridgehead atoms. The second-order valence-electron chi connectivity index (χ2n) is 6.49. The van der Waals surface area contributed by atoms with Crippen LogP contribution >= 0.6 is 11.8 Å². The van der Waals surface area contributed by atoms with Crippen LogP contribution in [0.3, 0.4) is 0 Å². The first-order valence-electron chi connectivity index (χ1n) is 9.00. The van der Waals surface area contributed by atoms with E-state index in [4.69, 9.17) is 0 Å². The summed E-state index contributed by atoms with van der Waals surface area (Å²) < 4.78 is 0. The quantitative estimate of drug-likeness (QED) is 0.662. The van der Waals surface area contributed by atoms with Gasteiger partial charge in [-0.2, -0.15) is 0 Å². The summed E-state index contributed by atoms with van der Waals surface area (Å²) in [6.45, 7) is 2.25. The normalized spacial score (nSPS) is 14.5. The third-order valence-corrected chi connectivity index (χ3v) is 5.45. The molecule has 0 unspecified atom stereocenters. The molecule has 0 saturated carbocycles. The molecular weight excluding hydrogens is 344 g/mol. The van der Waals surface area contributed by atoms with E-state index in [1.807, 2.05) is 36.4 Å². The molecule has 0 aliphatic carbocycles. The minimum atomic E-state index is -0.0267. The number of thioether (sulfide) groups is 1. The highest BCUT2D eigenvalue weighted by molar-refractivity contribution is 7.99. The predicted molar refractivity (Wildman–Crippen MR) is 108 cm³/mol. The van der Waals surface area contributed by atoms with Crippen LogP contribution in [0.25, 0.3) is 11.0 Å². The molecule has 1 aliphatic rings. The SMILES string of the molecule is O=C(CSc1nc2ccccc2[nH]1)Nc1ccc(N2CCCCC2)cc1. The number of hydrogen-bond acceptors (Lipinski definition) is 4. The van der Waals surface area contributed by atoms with Crippen LogP contribution in [0, 0.1) is 0 Å². The molecule has 1 aliphatic heterocycles. The predicted octanol–water partition coefficient (Wildman–Crippen LogP) is 4.28. The van der Waals surface area contributed by atoms with E-state index in [1.165, 1.54) is 36.7 Å². The van der Waals surface area contributed by atoms with Crippen LogP contribution in [-0.2, 0) is 4.79 Å². The van der Waals surface area contributed by atoms with Gasteiger partial charge in [0, 0.05) is 24.5 Å². The average Bonchev–Trinajstić information content (AvgIpc) is 3.11. The summed E-state index contributed by atoms with van der Waals surface area (Å²) in [5, 5.41) is 3.72. The number of hydrogen-bond donors (Lipinski definition) is 2. The maximum Gasteiger partial charge on any atom is 0.234 e. The Bertz CT molecular complexity index is 851. The number of nitrogens with one attached hydrogen (secondary N) is 2. The van der Waals surface area contributed by atoms with Crippen molar-refractivity contribution in [1.82, 2.24) is 9.97 Å². The first kappa shape index (κ1) is 17.0. The number of benzene rings is 2. The lowest BCUT2D eigenvalue weighted by Gasteiger charge is -2.28. The monoisotopic (exact) mass is 366 g/mol. The van der Waals surface area contributed by atoms with Gasteiger partial charge >= 0.3 is 0 Å². The molecule has 1 saturated heterocycles. The molecule has 2 heterocycles. The Kier molecular flexibility index (Phi) is 5.11. The lowest BCUT2D eigenvalue weighted by Crippen LogP contribution is -2.29. The molecular formula is C20H22N4OS. The van der Waals surface area contributed by atoms with Crippen LogP contribution in [-0.4, -0.2) is 34.7 Å². The van der Waals surface area contributed by atoms with Gasteiger partial charge in [0.1, 0.15) is 0 Å². The molecule has 1 amide bonds. The highest BCUT2D eigenvalue weighted by atomic mass is 32.2. The third kappa shape index (κ3) is 4.02. The zero-order chi connectivity index (χ0) is 17.8. The number of para-hydroxylation sites is 2. The van der Waals surface area contributed by atoms with Crippen molar-refractivity contribution in [2.24, 2.45) is 0 Å². The molecule has 6 heteroatoms. The summed E-state index contributed by atoms with van der Waals surface area (Å²) in [4.78, 5) is 22.3. The van der Waals surface area contributed by atoms with Gasteiger partial charge in [-0.15, -0.1) is 0 Å². The van der Waals surface area contributed by atoms with Crippen molar-refractivity contribution in [1.29, 1.82) is 0 Å². The van der Waals surface area contributed by atoms with E-state index in [0.29, 0.717) is 5.75 Å². The average molecular weight is 366 g/mol. The fourth-order valence-corrected chi connectivity index (χ4v) is 3.92. The van der Waals surface area contributed by atoms with E-state index >= 15 is 0 Å². The van der Waals surface area contributed by atoms with Gasteiger partial charge in [-0.25, -0.2) is 4.98 Å². The first-order chi connectivity index (χ1) is 12.8. The number of H-pyrrole nitrogens is 1. The number of fused-ring (bicyclic) bond motifs is 1. The second kappa shape index (κ2) is 7.83. The molecule has 2 N–H and O–H groups in total. The maximum atomic E-state index is 12.2. The van der Waals surface area contributed by atoms with Crippen molar-refractivity contribution in [2.75, 3.05) is 29.1 Å². The molecule has 0 spiro atoms. The van der Waals surface area contributed by atoms with Crippen molar-refractivity contribution >= 4 is 40.1 Å². The van der Waals surface area contributed by atoms with Crippen LogP contribution in [0.1, 0.15) is 19.3 Å². The smallest absolute Gasteiger partial charge is 0.234 e. The Morgan fingerprint density at radius 2 is 1.85 bits per heavy atom. The van der Waals surface area contributed by atoms with Gasteiger partial charge in [-0.1, -0.05) is 23.9 Å². The molecule has 5 nitrogen and oxygen atoms in total. The lowest BCUT2D eigenvalue weighted by molar-refractivity contribution is -0.113. The number of carbonyl (C=O) groups is 1. The van der Waals surface area contributed by atoms with Gasteiger partial charge in [0.25, 0.3) is 0 Å². The number of imidazole rings is 1. The van der Waals surface area contributed by atoms with Crippen LogP contribution in [0.15, 0.2) is 53.7 Å². The van der Waals surface area contributed by atoms with Crippen molar-refractivity contribution in [2.45, 2.75) is 24.4 Å². The molecule has 26 heavy (non-hydrogen) atoms. The Hall–Kier alpha value is -2.47. The van der Waals surface area contributed by atoms with Crippen LogP contribution < -0.4 is 10.2 Å². The van der Waals surface area contributed by atoms with Gasteiger partial charge in [-0.3, -0.25) is 4.79 Å². The molecule has 0 atom stereocenters. The summed E-state index contributed by atoms with van der Waals surface area (Å²) in [5.41, 5.74) is 3.98. The molecule has 1 fully saturated rings. The summed E-state index contributed by atoms with van der Waals surface area (Å²) in [6, 6.07) is 16.0. The molecule has 2 aromatic carbocycles. The molecule has 4 rings (SSSR count). The number of aromatic nitrogens is 2. The van der Waals surface area contributed by atoms with E-state index in [1.54, 1.807) is 0 Å². The number of anilines is 2. The Balaban J connectivity index is 1.31. The Labute approximate surface area is 157 Å². The number of amides is 1. The maximum absolute atomic E-state index is 12.2. The highest BCUT2D eigenvalue weighted by Gasteiger charge is 2.11. The van der Waals surface area contributed by atoms with Crippen molar-refractivity contribution in [3.63, 3.8) is 0 Å². The Morgan fingerprint density at radius 1 is 1.08 bits per heavy atom. The fraction of sp³-hybridized carbons (Fsp3) is 0.300. The van der Waals surface area contributed by atoms with E-state index < -0.39 is 0 Å². The largest absolute Gasteiger partial charge is 0.372 e. The minimum absolute atomic E-state index is 0.0267. The summed E-state index contributed by atoms with van der Waals surface area (Å²) in [7, 11) is 0. The third-order valence-electron chi connectivity index (χ3n) is 4.58. The van der Waals surface area contributed by atoms with Crippen LogP contribution in [0.5, 0.6) is 0 Å². The molecule has 134 valence electrons. The summed E-state index contributed by atoms with van der Waals surface area (Å²) in [6.07, 6.45) is 3.85. The van der Waals surface area contributed by atoms with E-state index in [2.05, 4.69) is 32.3 Å². The Morgan fingerprint density at radius 3 is 2.62 bits per heavy atom. The van der Waals surface area contributed by atoms with Gasteiger partial charge in [0.15, 0.2) is 5.16 Å². The van der Waals surface area contributed by atoms with Crippen LogP contribution in [0.4, 0.5) is 11.4 Å². The van der Waals surface area contributed by atoms with Crippen molar-refractivity contribution < 1.29 is 4.79 Å². The number of carbonyl (C=O) groups excluding carboxylic acids is 1. The topological polar surface area (TPSA) is 61.0 Å². The summed E-state index contributed by atoms with van der Waals surface area (Å²) >= 11 is 1.41. The first-order valence-corrected chi connectivity index (χ1v) is 9.99. The van der Waals surface area contributed by atoms with E-state index in [9.17, 15) is 4.79 Å². The lowest BCUT2D eigenvalue weighted by atomic mass is 10.1. The molecule has 1 aromatic heterocycles. The van der Waals surface area contributed by atoms with E-state index in [-0.39, 0.29) is 5.91 Å². The zero-order valence-corrected chi connectivity index (χ0v) is 15.4. The van der Waals surface area contributed by atoms with Gasteiger partial charge in [0.2, 0.25) is 5.91 Å². The van der Waals surface area contributed by atoms with Gasteiger partial charge in [-0.05, 0) is 55.7 Å². The number of piperidine rings is 1. The highest BCUT2D eigenvalue weighted by Crippen LogP contribution is 2.23. The molecule has 3 aromatic rings. The zero-order valence-electron chi connectivity index (χ0n) is 14.6. The van der Waals surface area contributed by atoms with Crippen molar-refractivity contribution in [3.8, 4) is 0 Å². The second-order valence-corrected chi connectivity index (χ2v) is 7.45. The van der Waals surface area contributed by atoms with Gasteiger partial charge in [0.05, 0.1) is 16.8 Å². The standard InChI is InChI=1S/C20H22N4OS/c25-19(14-26-20-22-17-6-2-3-7-18(17)23-20)21-15-8-10-16(11-9-15)24-12-4-1-5-13-24/h2-3,6-11H,1,4-5,12-14H2,(H,21,25)(H,22,23). The van der Waals surface area contributed by atoms with E-state index in [0.717, 1.165) is 35.0 Å². The fourth-order valence-electron chi connectivity index (χ4n) is 3.24. The summed E-state index contributed by atoms with van der Waals surface area (Å²) in [5.74, 6) is 0.300. The minimum Gasteiger partial charge on any atom is -0.372 e. The number of aromatic amines is 1. The van der Waals surface area contributed by atoms with Crippen LogP contribution in [0.2, 0.25) is 0 Å². The van der Waals surface area contributed by atoms with Gasteiger partial charge < -0.3 is 15.2 Å². The van der Waals surface area contributed by atoms with Crippen molar-refractivity contribution in [3.05, 3.63) is 48.5 Å².